The van der Waals surface area contributed by atoms with Crippen molar-refractivity contribution in [2.75, 3.05) is 5.75 Å². The van der Waals surface area contributed by atoms with Crippen molar-refractivity contribution < 1.29 is 4.21 Å². The minimum Gasteiger partial charge on any atom is -0.254 e. The molecular weight excluding hydrogens is 180 g/mol. The van der Waals surface area contributed by atoms with Crippen LogP contribution < -0.4 is 0 Å². The van der Waals surface area contributed by atoms with Crippen LogP contribution in [-0.2, 0) is 10.8 Å². The number of rotatable bonds is 3. The van der Waals surface area contributed by atoms with Crippen LogP contribution >= 0.6 is 0 Å². The first-order valence-electron chi connectivity index (χ1n) is 4.71. The second-order valence-corrected chi connectivity index (χ2v) is 5.26. The van der Waals surface area contributed by atoms with Crippen molar-refractivity contribution in [3.8, 4) is 0 Å². The van der Waals surface area contributed by atoms with E-state index in [1.165, 1.54) is 18.4 Å². The van der Waals surface area contributed by atoms with Crippen LogP contribution in [0.15, 0.2) is 29.2 Å². The molecule has 1 aromatic rings. The van der Waals surface area contributed by atoms with Gasteiger partial charge in [-0.25, -0.2) is 0 Å². The molecule has 0 radical (unpaired) electrons. The molecule has 0 aliphatic heterocycles. The molecule has 0 saturated heterocycles. The molecular formula is C11H14OS. The molecule has 0 amide bonds. The summed E-state index contributed by atoms with van der Waals surface area (Å²) < 4.78 is 11.7. The van der Waals surface area contributed by atoms with Crippen LogP contribution in [0.4, 0.5) is 0 Å². The van der Waals surface area contributed by atoms with E-state index >= 15 is 0 Å². The van der Waals surface area contributed by atoms with Crippen molar-refractivity contribution >= 4 is 10.8 Å². The molecule has 2 rings (SSSR count). The highest BCUT2D eigenvalue weighted by Gasteiger charge is 2.24. The summed E-state index contributed by atoms with van der Waals surface area (Å²) in [5.41, 5.74) is 1.23. The minimum atomic E-state index is -0.759. The van der Waals surface area contributed by atoms with Crippen molar-refractivity contribution in [1.82, 2.24) is 0 Å². The molecule has 0 bridgehead atoms. The molecule has 1 aliphatic rings. The van der Waals surface area contributed by atoms with E-state index < -0.39 is 10.8 Å². The lowest BCUT2D eigenvalue weighted by Crippen LogP contribution is -1.99. The van der Waals surface area contributed by atoms with Gasteiger partial charge in [-0.15, -0.1) is 0 Å². The Labute approximate surface area is 81.6 Å². The quantitative estimate of drug-likeness (QED) is 0.722. The standard InChI is InChI=1S/C11H14OS/c1-9-2-6-11(7-3-9)13(12)8-10-4-5-10/h2-3,6-7,10H,4-5,8H2,1H3. The Balaban J connectivity index is 2.05. The van der Waals surface area contributed by atoms with E-state index in [1.807, 2.05) is 31.2 Å². The molecule has 1 saturated carbocycles. The molecule has 0 aromatic heterocycles. The molecule has 1 nitrogen and oxygen atoms in total. The Kier molecular flexibility index (Phi) is 2.49. The van der Waals surface area contributed by atoms with Crippen LogP contribution in [0.1, 0.15) is 18.4 Å². The zero-order chi connectivity index (χ0) is 9.26. The number of aryl methyl sites for hydroxylation is 1. The maximum absolute atomic E-state index is 11.7. The van der Waals surface area contributed by atoms with Gasteiger partial charge in [0.25, 0.3) is 0 Å². The van der Waals surface area contributed by atoms with E-state index in [0.717, 1.165) is 16.6 Å². The highest BCUT2D eigenvalue weighted by molar-refractivity contribution is 7.85. The molecule has 13 heavy (non-hydrogen) atoms. The van der Waals surface area contributed by atoms with Crippen molar-refractivity contribution in [3.05, 3.63) is 29.8 Å². The van der Waals surface area contributed by atoms with Gasteiger partial charge < -0.3 is 0 Å². The van der Waals surface area contributed by atoms with Crippen molar-refractivity contribution in [2.45, 2.75) is 24.7 Å². The predicted octanol–water partition coefficient (Wildman–Crippen LogP) is 2.51. The van der Waals surface area contributed by atoms with Crippen LogP contribution in [0.5, 0.6) is 0 Å². The number of hydrogen-bond donors (Lipinski definition) is 0. The fourth-order valence-electron chi connectivity index (χ4n) is 1.28. The van der Waals surface area contributed by atoms with E-state index in [2.05, 4.69) is 0 Å². The van der Waals surface area contributed by atoms with Crippen molar-refractivity contribution in [1.29, 1.82) is 0 Å². The Morgan fingerprint density at radius 2 is 1.92 bits per heavy atom. The SMILES string of the molecule is Cc1ccc(S(=O)CC2CC2)cc1. The fraction of sp³-hybridized carbons (Fsp3) is 0.455. The van der Waals surface area contributed by atoms with Gasteiger partial charge in [0.1, 0.15) is 0 Å². The van der Waals surface area contributed by atoms with Gasteiger partial charge in [-0.05, 0) is 37.8 Å². The van der Waals surface area contributed by atoms with E-state index in [-0.39, 0.29) is 0 Å². The van der Waals surface area contributed by atoms with Crippen LogP contribution in [0, 0.1) is 12.8 Å². The van der Waals surface area contributed by atoms with Crippen LogP contribution in [0.25, 0.3) is 0 Å². The van der Waals surface area contributed by atoms with Gasteiger partial charge in [0, 0.05) is 10.6 Å². The molecule has 1 atom stereocenters. The first kappa shape index (κ1) is 8.95. The van der Waals surface area contributed by atoms with E-state index in [1.54, 1.807) is 0 Å². The Morgan fingerprint density at radius 3 is 2.46 bits per heavy atom. The summed E-state index contributed by atoms with van der Waals surface area (Å²) in [5, 5.41) is 0. The van der Waals surface area contributed by atoms with Crippen LogP contribution in [0.3, 0.4) is 0 Å². The third-order valence-corrected chi connectivity index (χ3v) is 3.94. The molecule has 2 heteroatoms. The molecule has 70 valence electrons. The molecule has 0 heterocycles. The summed E-state index contributed by atoms with van der Waals surface area (Å²) >= 11 is 0. The van der Waals surface area contributed by atoms with Crippen LogP contribution in [0.2, 0.25) is 0 Å². The van der Waals surface area contributed by atoms with Crippen molar-refractivity contribution in [2.24, 2.45) is 5.92 Å². The summed E-state index contributed by atoms with van der Waals surface area (Å²) in [7, 11) is -0.759. The second-order valence-electron chi connectivity index (χ2n) is 3.77. The van der Waals surface area contributed by atoms with Crippen LogP contribution in [-0.4, -0.2) is 9.96 Å². The predicted molar refractivity (Wildman–Crippen MR) is 55.2 cm³/mol. The number of hydrogen-bond acceptors (Lipinski definition) is 1. The maximum atomic E-state index is 11.7. The Hall–Kier alpha value is -0.630. The lowest BCUT2D eigenvalue weighted by molar-refractivity contribution is 0.679. The van der Waals surface area contributed by atoms with Gasteiger partial charge in [-0.2, -0.15) is 0 Å². The van der Waals surface area contributed by atoms with Gasteiger partial charge in [0.05, 0.1) is 10.8 Å². The van der Waals surface area contributed by atoms with Crippen molar-refractivity contribution in [3.63, 3.8) is 0 Å². The molecule has 1 aromatic carbocycles. The van der Waals surface area contributed by atoms with Gasteiger partial charge in [-0.3, -0.25) is 4.21 Å². The fourth-order valence-corrected chi connectivity index (χ4v) is 2.68. The summed E-state index contributed by atoms with van der Waals surface area (Å²) in [6, 6.07) is 8.02. The first-order chi connectivity index (χ1) is 6.25. The van der Waals surface area contributed by atoms with E-state index in [9.17, 15) is 4.21 Å². The third-order valence-electron chi connectivity index (χ3n) is 2.37. The van der Waals surface area contributed by atoms with Gasteiger partial charge in [0.15, 0.2) is 0 Å². The largest absolute Gasteiger partial charge is 0.254 e. The summed E-state index contributed by atoms with van der Waals surface area (Å²) in [6.07, 6.45) is 2.55. The zero-order valence-electron chi connectivity index (χ0n) is 7.82. The summed E-state index contributed by atoms with van der Waals surface area (Å²) in [5.74, 6) is 1.60. The smallest absolute Gasteiger partial charge is 0.0532 e. The normalized spacial score (nSPS) is 18.5. The van der Waals surface area contributed by atoms with E-state index in [4.69, 9.17) is 0 Å². The zero-order valence-corrected chi connectivity index (χ0v) is 8.64. The lowest BCUT2D eigenvalue weighted by Gasteiger charge is -2.00. The molecule has 1 unspecified atom stereocenters. The minimum absolute atomic E-state index is 0.738. The molecule has 1 fully saturated rings. The molecule has 0 spiro atoms. The Morgan fingerprint density at radius 1 is 1.31 bits per heavy atom. The van der Waals surface area contributed by atoms with Gasteiger partial charge in [-0.1, -0.05) is 17.7 Å². The highest BCUT2D eigenvalue weighted by Crippen LogP contribution is 2.30. The number of benzene rings is 1. The maximum Gasteiger partial charge on any atom is 0.0532 e. The van der Waals surface area contributed by atoms with E-state index in [0.29, 0.717) is 0 Å². The lowest BCUT2D eigenvalue weighted by atomic mass is 10.2. The monoisotopic (exact) mass is 194 g/mol. The van der Waals surface area contributed by atoms with Gasteiger partial charge >= 0.3 is 0 Å². The molecule has 0 N–H and O–H groups in total. The average molecular weight is 194 g/mol. The van der Waals surface area contributed by atoms with Gasteiger partial charge in [0.2, 0.25) is 0 Å². The topological polar surface area (TPSA) is 17.1 Å². The summed E-state index contributed by atoms with van der Waals surface area (Å²) in [6.45, 7) is 2.05. The Bertz CT molecular complexity index is 311. The highest BCUT2D eigenvalue weighted by atomic mass is 32.2. The molecule has 1 aliphatic carbocycles. The average Bonchev–Trinajstić information content (AvgIpc) is 2.89. The third kappa shape index (κ3) is 2.41. The first-order valence-corrected chi connectivity index (χ1v) is 6.02. The second kappa shape index (κ2) is 3.62. The summed E-state index contributed by atoms with van der Waals surface area (Å²) in [4.78, 5) is 0.984.